The van der Waals surface area contributed by atoms with Gasteiger partial charge in [-0.25, -0.2) is 13.1 Å². The maximum atomic E-state index is 12.7. The number of sulfonamides is 1. The Bertz CT molecular complexity index is 863. The van der Waals surface area contributed by atoms with E-state index >= 15 is 0 Å². The first-order chi connectivity index (χ1) is 12.4. The Labute approximate surface area is 153 Å². The van der Waals surface area contributed by atoms with E-state index in [4.69, 9.17) is 4.42 Å². The van der Waals surface area contributed by atoms with Crippen LogP contribution in [0.15, 0.2) is 27.8 Å². The van der Waals surface area contributed by atoms with Crippen LogP contribution in [0.25, 0.3) is 11.5 Å². The third kappa shape index (κ3) is 3.99. The molecule has 0 bridgehead atoms. The van der Waals surface area contributed by atoms with Gasteiger partial charge in [0.2, 0.25) is 5.09 Å². The summed E-state index contributed by atoms with van der Waals surface area (Å²) in [6.45, 7) is 5.60. The second-order valence-corrected chi connectivity index (χ2v) is 8.57. The van der Waals surface area contributed by atoms with Gasteiger partial charge in [-0.2, -0.15) is 5.10 Å². The standard InChI is InChI=1S/C17H24N4O4S/c1-12(2)10-19-26(23,24)15-7-6-14(25-15)16-13(11-18-20-16)17(22)21-8-4-3-5-9-21/h6-7,11-12,19H,3-5,8-10H2,1-2H3,(H,18,20). The minimum absolute atomic E-state index is 0.118. The fraction of sp³-hybridized carbons (Fsp3) is 0.529. The highest BCUT2D eigenvalue weighted by Gasteiger charge is 2.26. The van der Waals surface area contributed by atoms with Gasteiger partial charge in [0, 0.05) is 19.6 Å². The molecular formula is C17H24N4O4S. The molecule has 3 rings (SSSR count). The molecule has 0 aliphatic carbocycles. The number of piperidine rings is 1. The molecule has 1 aliphatic heterocycles. The van der Waals surface area contributed by atoms with Gasteiger partial charge in [-0.15, -0.1) is 0 Å². The molecule has 26 heavy (non-hydrogen) atoms. The van der Waals surface area contributed by atoms with E-state index in [-0.39, 0.29) is 22.7 Å². The van der Waals surface area contributed by atoms with Gasteiger partial charge in [0.25, 0.3) is 15.9 Å². The summed E-state index contributed by atoms with van der Waals surface area (Å²) >= 11 is 0. The predicted octanol–water partition coefficient (Wildman–Crippen LogP) is 2.23. The summed E-state index contributed by atoms with van der Waals surface area (Å²) in [6.07, 6.45) is 4.57. The van der Waals surface area contributed by atoms with Crippen LogP contribution in [0.5, 0.6) is 0 Å². The third-order valence-electron chi connectivity index (χ3n) is 4.29. The van der Waals surface area contributed by atoms with Gasteiger partial charge in [-0.3, -0.25) is 9.89 Å². The number of aromatic nitrogens is 2. The minimum Gasteiger partial charge on any atom is -0.442 e. The molecule has 0 saturated carbocycles. The number of rotatable bonds is 6. The molecule has 1 fully saturated rings. The molecule has 0 atom stereocenters. The van der Waals surface area contributed by atoms with Crippen molar-refractivity contribution in [3.05, 3.63) is 23.9 Å². The third-order valence-corrected chi connectivity index (χ3v) is 5.58. The molecule has 1 amide bonds. The van der Waals surface area contributed by atoms with Crippen molar-refractivity contribution in [1.29, 1.82) is 0 Å². The first-order valence-electron chi connectivity index (χ1n) is 8.81. The molecule has 0 aromatic carbocycles. The van der Waals surface area contributed by atoms with Crippen molar-refractivity contribution >= 4 is 15.9 Å². The number of furan rings is 1. The maximum Gasteiger partial charge on any atom is 0.273 e. The van der Waals surface area contributed by atoms with Crippen molar-refractivity contribution in [3.63, 3.8) is 0 Å². The van der Waals surface area contributed by atoms with Gasteiger partial charge in [-0.05, 0) is 37.3 Å². The highest BCUT2D eigenvalue weighted by atomic mass is 32.2. The molecule has 2 aromatic heterocycles. The smallest absolute Gasteiger partial charge is 0.273 e. The van der Waals surface area contributed by atoms with Gasteiger partial charge in [0.05, 0.1) is 11.8 Å². The number of hydrogen-bond acceptors (Lipinski definition) is 5. The molecule has 2 aromatic rings. The second kappa shape index (κ2) is 7.63. The number of H-pyrrole nitrogens is 1. The van der Waals surface area contributed by atoms with Crippen LogP contribution >= 0.6 is 0 Å². The van der Waals surface area contributed by atoms with E-state index in [1.165, 1.54) is 18.3 Å². The van der Waals surface area contributed by atoms with Gasteiger partial charge >= 0.3 is 0 Å². The lowest BCUT2D eigenvalue weighted by Crippen LogP contribution is -2.35. The average Bonchev–Trinajstić information content (AvgIpc) is 3.29. The quantitative estimate of drug-likeness (QED) is 0.799. The molecule has 1 saturated heterocycles. The average molecular weight is 380 g/mol. The topological polar surface area (TPSA) is 108 Å². The second-order valence-electron chi connectivity index (χ2n) is 6.88. The molecule has 8 nitrogen and oxygen atoms in total. The van der Waals surface area contributed by atoms with Crippen molar-refractivity contribution < 1.29 is 17.6 Å². The molecule has 0 unspecified atom stereocenters. The number of carbonyl (C=O) groups excluding carboxylic acids is 1. The Morgan fingerprint density at radius 2 is 2.04 bits per heavy atom. The number of amides is 1. The molecule has 142 valence electrons. The van der Waals surface area contributed by atoms with Crippen molar-refractivity contribution in [2.75, 3.05) is 19.6 Å². The number of hydrogen-bond donors (Lipinski definition) is 2. The van der Waals surface area contributed by atoms with E-state index in [2.05, 4.69) is 14.9 Å². The zero-order chi connectivity index (χ0) is 18.7. The van der Waals surface area contributed by atoms with E-state index in [1.54, 1.807) is 4.90 Å². The summed E-state index contributed by atoms with van der Waals surface area (Å²) < 4.78 is 32.6. The van der Waals surface area contributed by atoms with Gasteiger partial charge < -0.3 is 9.32 Å². The highest BCUT2D eigenvalue weighted by molar-refractivity contribution is 7.89. The number of nitrogens with one attached hydrogen (secondary N) is 2. The van der Waals surface area contributed by atoms with Gasteiger partial charge in [0.15, 0.2) is 5.76 Å². The van der Waals surface area contributed by atoms with Crippen LogP contribution in [-0.4, -0.2) is 49.1 Å². The molecule has 0 spiro atoms. The summed E-state index contributed by atoms with van der Waals surface area (Å²) in [5.74, 6) is 0.334. The molecule has 3 heterocycles. The Balaban J connectivity index is 1.82. The van der Waals surface area contributed by atoms with Crippen molar-refractivity contribution in [1.82, 2.24) is 19.8 Å². The van der Waals surface area contributed by atoms with Crippen molar-refractivity contribution in [3.8, 4) is 11.5 Å². The van der Waals surface area contributed by atoms with Crippen LogP contribution in [0.4, 0.5) is 0 Å². The molecule has 2 N–H and O–H groups in total. The predicted molar refractivity (Wildman–Crippen MR) is 96.1 cm³/mol. The largest absolute Gasteiger partial charge is 0.442 e. The highest BCUT2D eigenvalue weighted by Crippen LogP contribution is 2.27. The Kier molecular flexibility index (Phi) is 5.47. The lowest BCUT2D eigenvalue weighted by molar-refractivity contribution is 0.0725. The Morgan fingerprint density at radius 3 is 2.73 bits per heavy atom. The fourth-order valence-corrected chi connectivity index (χ4v) is 3.99. The van der Waals surface area contributed by atoms with E-state index in [1.807, 2.05) is 13.8 Å². The Hall–Kier alpha value is -2.13. The number of aromatic amines is 1. The molecule has 9 heteroatoms. The van der Waals surface area contributed by atoms with Crippen molar-refractivity contribution in [2.45, 2.75) is 38.2 Å². The van der Waals surface area contributed by atoms with E-state index in [0.29, 0.717) is 17.8 Å². The van der Waals surface area contributed by atoms with Crippen LogP contribution in [0.2, 0.25) is 0 Å². The van der Waals surface area contributed by atoms with Crippen LogP contribution in [-0.2, 0) is 10.0 Å². The maximum absolute atomic E-state index is 12.7. The minimum atomic E-state index is -3.73. The first kappa shape index (κ1) is 18.7. The molecule has 1 aliphatic rings. The first-order valence-corrected chi connectivity index (χ1v) is 10.3. The van der Waals surface area contributed by atoms with E-state index in [9.17, 15) is 13.2 Å². The van der Waals surface area contributed by atoms with Crippen LogP contribution in [0, 0.1) is 5.92 Å². The van der Waals surface area contributed by atoms with Crippen LogP contribution < -0.4 is 4.72 Å². The summed E-state index contributed by atoms with van der Waals surface area (Å²) in [5, 5.41) is 6.52. The summed E-state index contributed by atoms with van der Waals surface area (Å²) in [6, 6.07) is 2.92. The number of likely N-dealkylation sites (tertiary alicyclic amines) is 1. The van der Waals surface area contributed by atoms with Crippen LogP contribution in [0.1, 0.15) is 43.5 Å². The van der Waals surface area contributed by atoms with E-state index in [0.717, 1.165) is 32.4 Å². The lowest BCUT2D eigenvalue weighted by atomic mass is 10.1. The van der Waals surface area contributed by atoms with Crippen LogP contribution in [0.3, 0.4) is 0 Å². The monoisotopic (exact) mass is 380 g/mol. The summed E-state index contributed by atoms with van der Waals surface area (Å²) in [7, 11) is -3.73. The zero-order valence-electron chi connectivity index (χ0n) is 15.0. The van der Waals surface area contributed by atoms with E-state index < -0.39 is 10.0 Å². The number of carbonyl (C=O) groups is 1. The molecular weight excluding hydrogens is 356 g/mol. The zero-order valence-corrected chi connectivity index (χ0v) is 15.8. The van der Waals surface area contributed by atoms with Gasteiger partial charge in [-0.1, -0.05) is 13.8 Å². The summed E-state index contributed by atoms with van der Waals surface area (Å²) in [5.41, 5.74) is 0.784. The normalized spacial score (nSPS) is 15.6. The lowest BCUT2D eigenvalue weighted by Gasteiger charge is -2.26. The Morgan fingerprint density at radius 1 is 1.31 bits per heavy atom. The number of nitrogens with zero attached hydrogens (tertiary/aromatic N) is 2. The van der Waals surface area contributed by atoms with Crippen molar-refractivity contribution in [2.24, 2.45) is 5.92 Å². The summed E-state index contributed by atoms with van der Waals surface area (Å²) in [4.78, 5) is 14.5. The fourth-order valence-electron chi connectivity index (χ4n) is 2.85. The SMILES string of the molecule is CC(C)CNS(=O)(=O)c1ccc(-c2[nH]ncc2C(=O)N2CCCCC2)o1. The van der Waals surface area contributed by atoms with Gasteiger partial charge in [0.1, 0.15) is 5.69 Å². The molecule has 0 radical (unpaired) electrons.